The molecule has 2 aromatic carbocycles. The van der Waals surface area contributed by atoms with Crippen LogP contribution in [0.4, 0.5) is 0 Å². The molecule has 29 heavy (non-hydrogen) atoms. The van der Waals surface area contributed by atoms with Crippen molar-refractivity contribution in [3.63, 3.8) is 0 Å². The van der Waals surface area contributed by atoms with E-state index in [2.05, 4.69) is 22.3 Å². The molecule has 0 bridgehead atoms. The smallest absolute Gasteiger partial charge is 0.280 e. The van der Waals surface area contributed by atoms with Gasteiger partial charge in [0, 0.05) is 23.7 Å². The first-order chi connectivity index (χ1) is 14.0. The number of nitrogens with one attached hydrogen (secondary N) is 2. The lowest BCUT2D eigenvalue weighted by molar-refractivity contribution is 0.0953. The number of hydrogen-bond donors (Lipinski definition) is 2. The van der Waals surface area contributed by atoms with E-state index >= 15 is 0 Å². The average Bonchev–Trinajstić information content (AvgIpc) is 3.07. The number of nitrogens with zero attached hydrogens (tertiary/aromatic N) is 2. The van der Waals surface area contributed by atoms with Crippen LogP contribution in [-0.2, 0) is 0 Å². The van der Waals surface area contributed by atoms with Crippen LogP contribution in [0.25, 0.3) is 27.5 Å². The molecule has 2 aromatic heterocycles. The molecule has 148 valence electrons. The number of carbonyl (C=O) groups excluding carboxylic acids is 1. The van der Waals surface area contributed by atoms with Gasteiger partial charge >= 0.3 is 0 Å². The molecule has 2 N–H and O–H groups in total. The topological polar surface area (TPSA) is 79.8 Å². The largest absolute Gasteiger partial charge is 0.352 e. The highest BCUT2D eigenvalue weighted by atomic mass is 16.1. The summed E-state index contributed by atoms with van der Waals surface area (Å²) in [5.74, 6) is -0.117. The number of benzene rings is 2. The molecule has 6 nitrogen and oxygen atoms in total. The molecule has 0 aliphatic rings. The minimum atomic E-state index is -0.157. The predicted octanol–water partition coefficient (Wildman–Crippen LogP) is 4.01. The number of aromatic nitrogens is 3. The Kier molecular flexibility index (Phi) is 4.92. The summed E-state index contributed by atoms with van der Waals surface area (Å²) in [5, 5.41) is 7.41. The van der Waals surface area contributed by atoms with E-state index in [1.807, 2.05) is 38.1 Å². The molecule has 0 aliphatic carbocycles. The minimum absolute atomic E-state index is 0.117. The number of rotatable bonds is 5. The maximum Gasteiger partial charge on any atom is 0.280 e. The Morgan fingerprint density at radius 3 is 2.69 bits per heavy atom. The van der Waals surface area contributed by atoms with Crippen LogP contribution in [0, 0.1) is 13.8 Å². The molecule has 1 amide bonds. The SMILES string of the molecule is CCCCNC(=O)c1ccc2ncc3c(=O)n(-c4ccc(C)c(C)c4)[nH]c3c2c1. The van der Waals surface area contributed by atoms with Crippen molar-refractivity contribution >= 4 is 27.7 Å². The molecule has 0 aliphatic heterocycles. The van der Waals surface area contributed by atoms with Gasteiger partial charge in [-0.05, 0) is 61.7 Å². The molecule has 0 saturated heterocycles. The summed E-state index contributed by atoms with van der Waals surface area (Å²) in [7, 11) is 0. The van der Waals surface area contributed by atoms with Gasteiger partial charge in [0.05, 0.1) is 22.1 Å². The third kappa shape index (κ3) is 3.42. The number of unbranched alkanes of at least 4 members (excludes halogenated alkanes) is 1. The van der Waals surface area contributed by atoms with Crippen LogP contribution in [0.1, 0.15) is 41.3 Å². The van der Waals surface area contributed by atoms with E-state index in [0.717, 1.165) is 35.0 Å². The Morgan fingerprint density at radius 1 is 1.10 bits per heavy atom. The van der Waals surface area contributed by atoms with Crippen molar-refractivity contribution in [3.05, 3.63) is 69.6 Å². The highest BCUT2D eigenvalue weighted by Crippen LogP contribution is 2.23. The molecule has 2 heterocycles. The molecule has 0 unspecified atom stereocenters. The van der Waals surface area contributed by atoms with Crippen LogP contribution in [0.3, 0.4) is 0 Å². The van der Waals surface area contributed by atoms with Crippen molar-refractivity contribution < 1.29 is 4.79 Å². The highest BCUT2D eigenvalue weighted by Gasteiger charge is 2.14. The van der Waals surface area contributed by atoms with Gasteiger partial charge in [0.25, 0.3) is 11.5 Å². The van der Waals surface area contributed by atoms with E-state index in [4.69, 9.17) is 0 Å². The lowest BCUT2D eigenvalue weighted by Crippen LogP contribution is -2.24. The van der Waals surface area contributed by atoms with Crippen LogP contribution < -0.4 is 10.9 Å². The molecule has 0 saturated carbocycles. The molecule has 6 heteroatoms. The van der Waals surface area contributed by atoms with Gasteiger partial charge < -0.3 is 5.32 Å². The molecule has 0 fully saturated rings. The van der Waals surface area contributed by atoms with Gasteiger partial charge in [0.2, 0.25) is 0 Å². The summed E-state index contributed by atoms with van der Waals surface area (Å²) >= 11 is 0. The number of aryl methyl sites for hydroxylation is 2. The van der Waals surface area contributed by atoms with Crippen LogP contribution >= 0.6 is 0 Å². The predicted molar refractivity (Wildman–Crippen MR) is 116 cm³/mol. The number of carbonyl (C=O) groups is 1. The quantitative estimate of drug-likeness (QED) is 0.507. The Labute approximate surface area is 168 Å². The first-order valence-corrected chi connectivity index (χ1v) is 9.89. The number of H-pyrrole nitrogens is 1. The van der Waals surface area contributed by atoms with Gasteiger partial charge in [-0.2, -0.15) is 0 Å². The lowest BCUT2D eigenvalue weighted by atomic mass is 10.1. The second kappa shape index (κ2) is 7.54. The van der Waals surface area contributed by atoms with Crippen molar-refractivity contribution in [2.24, 2.45) is 0 Å². The molecule has 0 atom stereocenters. The molecule has 4 rings (SSSR count). The molecule has 4 aromatic rings. The zero-order chi connectivity index (χ0) is 20.5. The van der Waals surface area contributed by atoms with Crippen molar-refractivity contribution in [1.82, 2.24) is 20.1 Å². The van der Waals surface area contributed by atoms with Crippen molar-refractivity contribution in [2.75, 3.05) is 6.54 Å². The normalized spacial score (nSPS) is 11.3. The number of amides is 1. The van der Waals surface area contributed by atoms with E-state index in [9.17, 15) is 9.59 Å². The summed E-state index contributed by atoms with van der Waals surface area (Å²) < 4.78 is 1.53. The summed E-state index contributed by atoms with van der Waals surface area (Å²) in [6, 6.07) is 11.3. The number of pyridine rings is 1. The van der Waals surface area contributed by atoms with Gasteiger partial charge in [0.1, 0.15) is 0 Å². The van der Waals surface area contributed by atoms with Crippen LogP contribution in [0.5, 0.6) is 0 Å². The van der Waals surface area contributed by atoms with Gasteiger partial charge in [-0.25, -0.2) is 4.68 Å². The second-order valence-electron chi connectivity index (χ2n) is 7.41. The van der Waals surface area contributed by atoms with E-state index < -0.39 is 0 Å². The zero-order valence-electron chi connectivity index (χ0n) is 16.9. The zero-order valence-corrected chi connectivity index (χ0v) is 16.9. The van der Waals surface area contributed by atoms with E-state index in [0.29, 0.717) is 23.0 Å². The molecule has 0 radical (unpaired) electrons. The molecule has 0 spiro atoms. The molecular formula is C23H24N4O2. The monoisotopic (exact) mass is 388 g/mol. The number of fused-ring (bicyclic) bond motifs is 3. The lowest BCUT2D eigenvalue weighted by Gasteiger charge is -2.06. The van der Waals surface area contributed by atoms with Gasteiger partial charge in [-0.1, -0.05) is 19.4 Å². The summed E-state index contributed by atoms with van der Waals surface area (Å²) in [6.45, 7) is 6.79. The average molecular weight is 388 g/mol. The van der Waals surface area contributed by atoms with Crippen LogP contribution in [0.2, 0.25) is 0 Å². The van der Waals surface area contributed by atoms with Crippen molar-refractivity contribution in [1.29, 1.82) is 0 Å². The summed E-state index contributed by atoms with van der Waals surface area (Å²) in [6.07, 6.45) is 3.56. The van der Waals surface area contributed by atoms with Gasteiger partial charge in [-0.3, -0.25) is 19.7 Å². The standard InChI is InChI=1S/C23H24N4O2/c1-4-5-10-24-22(28)16-7-9-20-18(12-16)21-19(13-25-20)23(29)27(26-21)17-8-6-14(2)15(3)11-17/h6-9,11-13,26H,4-5,10H2,1-3H3,(H,24,28). The maximum absolute atomic E-state index is 13.0. The Hall–Kier alpha value is -3.41. The fraction of sp³-hybridized carbons (Fsp3) is 0.261. The van der Waals surface area contributed by atoms with E-state index in [-0.39, 0.29) is 11.5 Å². The summed E-state index contributed by atoms with van der Waals surface area (Å²) in [5.41, 5.74) is 4.87. The molecular weight excluding hydrogens is 364 g/mol. The first kappa shape index (κ1) is 18.9. The Balaban J connectivity index is 1.84. The number of hydrogen-bond acceptors (Lipinski definition) is 3. The fourth-order valence-corrected chi connectivity index (χ4v) is 3.43. The Bertz CT molecular complexity index is 1280. The second-order valence-corrected chi connectivity index (χ2v) is 7.41. The fourth-order valence-electron chi connectivity index (χ4n) is 3.43. The van der Waals surface area contributed by atoms with E-state index in [1.165, 1.54) is 10.2 Å². The van der Waals surface area contributed by atoms with Crippen molar-refractivity contribution in [2.45, 2.75) is 33.6 Å². The van der Waals surface area contributed by atoms with Crippen molar-refractivity contribution in [3.8, 4) is 5.69 Å². The van der Waals surface area contributed by atoms with Crippen LogP contribution in [-0.4, -0.2) is 27.2 Å². The first-order valence-electron chi connectivity index (χ1n) is 9.89. The van der Waals surface area contributed by atoms with Gasteiger partial charge in [-0.15, -0.1) is 0 Å². The third-order valence-corrected chi connectivity index (χ3v) is 5.35. The Morgan fingerprint density at radius 2 is 1.93 bits per heavy atom. The minimum Gasteiger partial charge on any atom is -0.352 e. The summed E-state index contributed by atoms with van der Waals surface area (Å²) in [4.78, 5) is 29.8. The maximum atomic E-state index is 13.0. The van der Waals surface area contributed by atoms with E-state index in [1.54, 1.807) is 18.3 Å². The number of aromatic amines is 1. The third-order valence-electron chi connectivity index (χ3n) is 5.35. The van der Waals surface area contributed by atoms with Crippen LogP contribution in [0.15, 0.2) is 47.4 Å². The highest BCUT2D eigenvalue weighted by molar-refractivity contribution is 6.06. The van der Waals surface area contributed by atoms with Gasteiger partial charge in [0.15, 0.2) is 0 Å².